The number of esters is 1. The van der Waals surface area contributed by atoms with E-state index in [2.05, 4.69) is 11.3 Å². The number of rotatable bonds is 4. The van der Waals surface area contributed by atoms with Crippen molar-refractivity contribution in [3.8, 4) is 0 Å². The van der Waals surface area contributed by atoms with Crippen molar-refractivity contribution in [2.75, 3.05) is 6.61 Å². The van der Waals surface area contributed by atoms with Crippen LogP contribution >= 0.6 is 0 Å². The summed E-state index contributed by atoms with van der Waals surface area (Å²) < 4.78 is 57.5. The topological polar surface area (TPSA) is 83.5 Å². The SMILES string of the molecule is C=[C+]C(=O)OCC(F)(F)S(=O)(=O)[O-].[Na+]. The fourth-order valence-corrected chi connectivity index (χ4v) is 0.476. The Hall–Kier alpha value is -0.110. The zero-order valence-electron chi connectivity index (χ0n) is 7.12. The van der Waals surface area contributed by atoms with Crippen molar-refractivity contribution in [1.82, 2.24) is 0 Å². The molecule has 0 heterocycles. The van der Waals surface area contributed by atoms with Crippen molar-refractivity contribution < 1.29 is 60.8 Å². The van der Waals surface area contributed by atoms with E-state index < -0.39 is 27.9 Å². The predicted molar refractivity (Wildman–Crippen MR) is 34.5 cm³/mol. The fourth-order valence-electron chi connectivity index (χ4n) is 0.273. The second-order valence-corrected chi connectivity index (χ2v) is 3.35. The molecule has 0 aliphatic carbocycles. The Balaban J connectivity index is 0. The summed E-state index contributed by atoms with van der Waals surface area (Å²) >= 11 is 0. The molecular weight excluding hydrogens is 233 g/mol. The Morgan fingerprint density at radius 1 is 1.57 bits per heavy atom. The van der Waals surface area contributed by atoms with E-state index >= 15 is 0 Å². The van der Waals surface area contributed by atoms with E-state index in [1.807, 2.05) is 0 Å². The summed E-state index contributed by atoms with van der Waals surface area (Å²) in [5.41, 5.74) is 0. The van der Waals surface area contributed by atoms with E-state index in [0.717, 1.165) is 0 Å². The van der Waals surface area contributed by atoms with Gasteiger partial charge in [-0.1, -0.05) is 0 Å². The van der Waals surface area contributed by atoms with Gasteiger partial charge in [0.25, 0.3) is 0 Å². The van der Waals surface area contributed by atoms with E-state index in [0.29, 0.717) is 0 Å². The summed E-state index contributed by atoms with van der Waals surface area (Å²) in [6, 6.07) is 0. The summed E-state index contributed by atoms with van der Waals surface area (Å²) in [5.74, 6) is -1.36. The zero-order valence-corrected chi connectivity index (χ0v) is 9.94. The normalized spacial score (nSPS) is 11.1. The predicted octanol–water partition coefficient (Wildman–Crippen LogP) is -3.34. The van der Waals surface area contributed by atoms with E-state index in [4.69, 9.17) is 0 Å². The summed E-state index contributed by atoms with van der Waals surface area (Å²) in [6.45, 7) is 0.918. The molecule has 0 aromatic rings. The van der Waals surface area contributed by atoms with Gasteiger partial charge in [0.2, 0.25) is 0 Å². The van der Waals surface area contributed by atoms with Crippen LogP contribution in [0.3, 0.4) is 0 Å². The Morgan fingerprint density at radius 2 is 2.00 bits per heavy atom. The summed E-state index contributed by atoms with van der Waals surface area (Å²) in [7, 11) is -5.81. The third-order valence-corrected chi connectivity index (χ3v) is 1.73. The van der Waals surface area contributed by atoms with Crippen molar-refractivity contribution in [3.05, 3.63) is 12.7 Å². The molecule has 0 radical (unpaired) electrons. The molecule has 0 saturated carbocycles. The monoisotopic (exact) mass is 237 g/mol. The van der Waals surface area contributed by atoms with Gasteiger partial charge in [-0.2, -0.15) is 13.6 Å². The van der Waals surface area contributed by atoms with E-state index in [1.165, 1.54) is 0 Å². The molecule has 0 aliphatic rings. The van der Waals surface area contributed by atoms with Crippen molar-refractivity contribution >= 4 is 16.1 Å². The smallest absolute Gasteiger partial charge is 0.743 e. The van der Waals surface area contributed by atoms with Gasteiger partial charge in [-0.3, -0.25) is 0 Å². The van der Waals surface area contributed by atoms with Gasteiger partial charge in [0.05, 0.1) is 0 Å². The molecule has 9 heteroatoms. The molecular formula is C5H4F2NaO5S+. The van der Waals surface area contributed by atoms with Crippen LogP contribution in [0.15, 0.2) is 6.58 Å². The second-order valence-electron chi connectivity index (χ2n) is 1.84. The molecule has 0 bridgehead atoms. The van der Waals surface area contributed by atoms with Crippen LogP contribution in [0.25, 0.3) is 0 Å². The minimum atomic E-state index is -5.81. The largest absolute Gasteiger partial charge is 1.00 e. The first-order valence-electron chi connectivity index (χ1n) is 2.74. The molecule has 74 valence electrons. The van der Waals surface area contributed by atoms with E-state index in [-0.39, 0.29) is 29.6 Å². The number of carbonyl (C=O) groups excluding carboxylic acids is 1. The van der Waals surface area contributed by atoms with Crippen molar-refractivity contribution in [2.24, 2.45) is 0 Å². The average molecular weight is 237 g/mol. The van der Waals surface area contributed by atoms with Crippen LogP contribution in [0.4, 0.5) is 8.78 Å². The Kier molecular flexibility index (Phi) is 6.64. The van der Waals surface area contributed by atoms with Gasteiger partial charge in [-0.15, -0.1) is 0 Å². The third-order valence-electron chi connectivity index (χ3n) is 0.881. The first-order valence-corrected chi connectivity index (χ1v) is 4.14. The molecule has 0 N–H and O–H groups in total. The van der Waals surface area contributed by atoms with Gasteiger partial charge in [0.1, 0.15) is 0 Å². The molecule has 0 aromatic heterocycles. The number of alkyl halides is 2. The molecule has 14 heavy (non-hydrogen) atoms. The van der Waals surface area contributed by atoms with Gasteiger partial charge in [0.15, 0.2) is 23.3 Å². The van der Waals surface area contributed by atoms with Crippen molar-refractivity contribution in [2.45, 2.75) is 5.25 Å². The van der Waals surface area contributed by atoms with Crippen molar-refractivity contribution in [1.29, 1.82) is 0 Å². The Labute approximate surface area is 101 Å². The minimum Gasteiger partial charge on any atom is -0.743 e. The molecule has 0 amide bonds. The van der Waals surface area contributed by atoms with Crippen LogP contribution in [0.5, 0.6) is 0 Å². The third kappa shape index (κ3) is 4.94. The Bertz CT molecular complexity index is 312. The first-order chi connectivity index (χ1) is 5.70. The van der Waals surface area contributed by atoms with Crippen LogP contribution < -0.4 is 29.6 Å². The van der Waals surface area contributed by atoms with Crippen molar-refractivity contribution in [3.63, 3.8) is 0 Å². The van der Waals surface area contributed by atoms with E-state index in [9.17, 15) is 26.5 Å². The minimum absolute atomic E-state index is 0. The standard InChI is InChI=1S/C5H4F2O5S.Na/c1-2-4(8)12-3-5(6,7)13(9,10)11;/h1,3H2;/q;+1. The summed E-state index contributed by atoms with van der Waals surface area (Å²) in [6.07, 6.45) is 1.55. The van der Waals surface area contributed by atoms with Crippen LogP contribution in [-0.4, -0.2) is 30.8 Å². The molecule has 0 aromatic carbocycles. The molecule has 0 rings (SSSR count). The molecule has 0 saturated heterocycles. The van der Waals surface area contributed by atoms with Gasteiger partial charge < -0.3 is 9.29 Å². The van der Waals surface area contributed by atoms with Crippen LogP contribution in [0.2, 0.25) is 0 Å². The van der Waals surface area contributed by atoms with Gasteiger partial charge >= 0.3 is 46.9 Å². The van der Waals surface area contributed by atoms with Crippen LogP contribution in [0.1, 0.15) is 0 Å². The summed E-state index contributed by atoms with van der Waals surface area (Å²) in [4.78, 5) is 10.2. The Morgan fingerprint density at radius 3 is 2.29 bits per heavy atom. The maximum atomic E-state index is 12.2. The molecule has 0 unspecified atom stereocenters. The maximum absolute atomic E-state index is 12.2. The molecule has 0 spiro atoms. The van der Waals surface area contributed by atoms with Crippen LogP contribution in [0, 0.1) is 6.08 Å². The molecule has 5 nitrogen and oxygen atoms in total. The number of halogens is 2. The first kappa shape index (κ1) is 16.3. The number of hydrogen-bond acceptors (Lipinski definition) is 5. The van der Waals surface area contributed by atoms with E-state index in [1.54, 1.807) is 6.08 Å². The fraction of sp³-hybridized carbons (Fsp3) is 0.400. The van der Waals surface area contributed by atoms with Crippen LogP contribution in [-0.2, 0) is 19.6 Å². The quantitative estimate of drug-likeness (QED) is 0.168. The molecule has 0 fully saturated rings. The number of hydrogen-bond donors (Lipinski definition) is 0. The average Bonchev–Trinajstić information content (AvgIpc) is 1.98. The maximum Gasteiger partial charge on any atom is 1.00 e. The zero-order chi connectivity index (χ0) is 10.7. The summed E-state index contributed by atoms with van der Waals surface area (Å²) in [5, 5.41) is -4.63. The molecule has 0 aliphatic heterocycles. The second kappa shape index (κ2) is 5.69. The van der Waals surface area contributed by atoms with Gasteiger partial charge in [0, 0.05) is 0 Å². The van der Waals surface area contributed by atoms with Gasteiger partial charge in [-0.25, -0.2) is 8.42 Å². The molecule has 0 atom stereocenters. The number of ether oxygens (including phenoxy) is 1. The number of carbonyl (C=O) groups is 1. The van der Waals surface area contributed by atoms with Gasteiger partial charge in [-0.05, 0) is 0 Å².